The number of primary amides is 1. The van der Waals surface area contributed by atoms with Crippen LogP contribution < -0.4 is 38.9 Å². The smallest absolute Gasteiger partial charge is 0.326 e. The number of aliphatic carboxylic acids is 1. The van der Waals surface area contributed by atoms with Gasteiger partial charge in [0.15, 0.2) is 5.96 Å². The zero-order valence-corrected chi connectivity index (χ0v) is 23.0. The van der Waals surface area contributed by atoms with Gasteiger partial charge in [0, 0.05) is 19.4 Å². The van der Waals surface area contributed by atoms with Gasteiger partial charge >= 0.3 is 5.97 Å². The van der Waals surface area contributed by atoms with Crippen molar-refractivity contribution in [1.29, 1.82) is 0 Å². The number of benzene rings is 1. The maximum atomic E-state index is 13.4. The number of carbonyl (C=O) groups excluding carboxylic acids is 4. The van der Waals surface area contributed by atoms with Gasteiger partial charge in [-0.1, -0.05) is 50.6 Å². The van der Waals surface area contributed by atoms with Gasteiger partial charge < -0.3 is 44.0 Å². The van der Waals surface area contributed by atoms with Crippen LogP contribution in [0.5, 0.6) is 0 Å². The Morgan fingerprint density at radius 2 is 1.50 bits per heavy atom. The highest BCUT2D eigenvalue weighted by Crippen LogP contribution is 2.11. The molecular weight excluding hydrogens is 520 g/mol. The maximum Gasteiger partial charge on any atom is 0.326 e. The summed E-state index contributed by atoms with van der Waals surface area (Å²) >= 11 is 0. The molecule has 1 rings (SSSR count). The van der Waals surface area contributed by atoms with Crippen LogP contribution in [0.25, 0.3) is 0 Å². The molecule has 0 spiro atoms. The lowest BCUT2D eigenvalue weighted by molar-refractivity contribution is -0.143. The van der Waals surface area contributed by atoms with Gasteiger partial charge in [-0.3, -0.25) is 24.2 Å². The zero-order valence-electron chi connectivity index (χ0n) is 23.0. The van der Waals surface area contributed by atoms with Crippen molar-refractivity contribution >= 4 is 35.6 Å². The summed E-state index contributed by atoms with van der Waals surface area (Å²) in [5, 5.41) is 17.4. The predicted octanol–water partition coefficient (Wildman–Crippen LogP) is -1.54. The molecule has 0 fully saturated rings. The molecule has 0 bridgehead atoms. The topological polar surface area (TPSA) is 258 Å². The monoisotopic (exact) mass is 562 g/mol. The molecule has 4 amide bonds. The summed E-state index contributed by atoms with van der Waals surface area (Å²) in [5.41, 5.74) is 22.4. The molecule has 12 N–H and O–H groups in total. The van der Waals surface area contributed by atoms with Crippen molar-refractivity contribution < 1.29 is 29.1 Å². The first kappa shape index (κ1) is 33.8. The molecule has 1 aromatic rings. The molecule has 0 saturated heterocycles. The van der Waals surface area contributed by atoms with E-state index in [2.05, 4.69) is 20.9 Å². The van der Waals surface area contributed by atoms with Crippen molar-refractivity contribution in [3.05, 3.63) is 35.9 Å². The molecule has 0 heterocycles. The summed E-state index contributed by atoms with van der Waals surface area (Å²) in [5.74, 6) is -4.37. The predicted molar refractivity (Wildman–Crippen MR) is 149 cm³/mol. The number of carbonyl (C=O) groups is 5. The van der Waals surface area contributed by atoms with Crippen molar-refractivity contribution in [2.45, 2.75) is 76.5 Å². The highest BCUT2D eigenvalue weighted by Gasteiger charge is 2.32. The summed E-state index contributed by atoms with van der Waals surface area (Å²) in [6.45, 7) is 3.69. The molecule has 222 valence electrons. The Labute approximate surface area is 233 Å². The molecule has 5 unspecified atom stereocenters. The lowest BCUT2D eigenvalue weighted by Gasteiger charge is -2.26. The molecule has 0 saturated carbocycles. The second kappa shape index (κ2) is 17.4. The van der Waals surface area contributed by atoms with Crippen molar-refractivity contribution in [1.82, 2.24) is 16.0 Å². The van der Waals surface area contributed by atoms with Gasteiger partial charge in [0.25, 0.3) is 0 Å². The zero-order chi connectivity index (χ0) is 30.2. The van der Waals surface area contributed by atoms with Gasteiger partial charge in [-0.05, 0) is 30.7 Å². The molecular formula is C26H42N8O6. The molecule has 5 atom stereocenters. The number of nitrogens with one attached hydrogen (secondary N) is 3. The van der Waals surface area contributed by atoms with Crippen molar-refractivity contribution in [2.24, 2.45) is 33.8 Å². The van der Waals surface area contributed by atoms with Crippen LogP contribution in [0.2, 0.25) is 0 Å². The van der Waals surface area contributed by atoms with Crippen molar-refractivity contribution in [2.75, 3.05) is 6.54 Å². The number of rotatable bonds is 18. The van der Waals surface area contributed by atoms with E-state index in [4.69, 9.17) is 22.9 Å². The minimum atomic E-state index is -1.19. The Balaban J connectivity index is 3.17. The lowest BCUT2D eigenvalue weighted by Crippen LogP contribution is -2.58. The van der Waals surface area contributed by atoms with Crippen molar-refractivity contribution in [3.63, 3.8) is 0 Å². The van der Waals surface area contributed by atoms with Crippen molar-refractivity contribution in [3.8, 4) is 0 Å². The third-order valence-corrected chi connectivity index (χ3v) is 6.31. The van der Waals surface area contributed by atoms with E-state index in [-0.39, 0.29) is 44.1 Å². The van der Waals surface area contributed by atoms with Gasteiger partial charge in [-0.2, -0.15) is 0 Å². The van der Waals surface area contributed by atoms with E-state index in [0.717, 1.165) is 5.56 Å². The Bertz CT molecular complexity index is 1030. The van der Waals surface area contributed by atoms with E-state index in [1.165, 1.54) is 0 Å². The number of nitrogens with two attached hydrogens (primary N) is 4. The fraction of sp³-hybridized carbons (Fsp3) is 0.538. The quantitative estimate of drug-likeness (QED) is 0.0585. The third-order valence-electron chi connectivity index (χ3n) is 6.31. The maximum absolute atomic E-state index is 13.4. The Morgan fingerprint density at radius 1 is 0.900 bits per heavy atom. The molecule has 14 heteroatoms. The highest BCUT2D eigenvalue weighted by atomic mass is 16.4. The Morgan fingerprint density at radius 3 is 2.05 bits per heavy atom. The van der Waals surface area contributed by atoms with Crippen LogP contribution in [0.1, 0.15) is 51.5 Å². The number of hydrogen-bond donors (Lipinski definition) is 8. The standard InChI is InChI=1S/C26H42N8O6/c1-3-15(2)21(25(39)40)34-24(38)19(14-16-8-5-4-6-9-16)33-23(37)18(10-7-13-31-26(29)30)32-22(36)17(27)11-12-20(28)35/h4-6,8-9,15,17-19,21H,3,7,10-14,27H2,1-2H3,(H2,28,35)(H,32,36)(H,33,37)(H,34,38)(H,39,40)(H4,29,30,31). The summed E-state index contributed by atoms with van der Waals surface area (Å²) < 4.78 is 0. The average molecular weight is 563 g/mol. The minimum absolute atomic E-state index is 0.0191. The van der Waals surface area contributed by atoms with Crippen LogP contribution in [0.3, 0.4) is 0 Å². The van der Waals surface area contributed by atoms with Crippen LogP contribution in [-0.4, -0.2) is 71.4 Å². The van der Waals surface area contributed by atoms with E-state index < -0.39 is 53.8 Å². The van der Waals surface area contributed by atoms with Crippen LogP contribution in [0.15, 0.2) is 35.3 Å². The Hall–Kier alpha value is -4.20. The largest absolute Gasteiger partial charge is 0.480 e. The fourth-order valence-electron chi connectivity index (χ4n) is 3.75. The molecule has 0 aliphatic heterocycles. The molecule has 0 radical (unpaired) electrons. The summed E-state index contributed by atoms with van der Waals surface area (Å²) in [7, 11) is 0. The van der Waals surface area contributed by atoms with Gasteiger partial charge in [0.05, 0.1) is 6.04 Å². The van der Waals surface area contributed by atoms with Crippen LogP contribution in [-0.2, 0) is 30.4 Å². The molecule has 0 aromatic heterocycles. The Kier molecular flexibility index (Phi) is 14.7. The first-order valence-corrected chi connectivity index (χ1v) is 13.1. The SMILES string of the molecule is CCC(C)C(NC(=O)C(Cc1ccccc1)NC(=O)C(CCCN=C(N)N)NC(=O)C(N)CCC(N)=O)C(=O)O. The summed E-state index contributed by atoms with van der Waals surface area (Å²) in [6.07, 6.45) is 0.842. The lowest BCUT2D eigenvalue weighted by atomic mass is 9.98. The molecule has 14 nitrogen and oxygen atoms in total. The number of hydrogen-bond acceptors (Lipinski definition) is 7. The van der Waals surface area contributed by atoms with Gasteiger partial charge in [-0.25, -0.2) is 4.79 Å². The summed E-state index contributed by atoms with van der Waals surface area (Å²) in [6, 6.07) is 4.33. The molecule has 1 aromatic carbocycles. The number of guanidine groups is 1. The first-order chi connectivity index (χ1) is 18.8. The van der Waals surface area contributed by atoms with E-state index in [9.17, 15) is 29.1 Å². The molecule has 40 heavy (non-hydrogen) atoms. The first-order valence-electron chi connectivity index (χ1n) is 13.1. The number of aliphatic imine (C=N–C) groups is 1. The second-order valence-electron chi connectivity index (χ2n) is 9.58. The van der Waals surface area contributed by atoms with Crippen LogP contribution >= 0.6 is 0 Å². The minimum Gasteiger partial charge on any atom is -0.480 e. The van der Waals surface area contributed by atoms with Gasteiger partial charge in [0.1, 0.15) is 18.1 Å². The second-order valence-corrected chi connectivity index (χ2v) is 9.58. The average Bonchev–Trinajstić information content (AvgIpc) is 2.90. The van der Waals surface area contributed by atoms with E-state index >= 15 is 0 Å². The van der Waals surface area contributed by atoms with Gasteiger partial charge in [-0.15, -0.1) is 0 Å². The third kappa shape index (κ3) is 12.6. The van der Waals surface area contributed by atoms with Gasteiger partial charge in [0.2, 0.25) is 23.6 Å². The highest BCUT2D eigenvalue weighted by molar-refractivity contribution is 5.94. The number of amides is 4. The summed E-state index contributed by atoms with van der Waals surface area (Å²) in [4.78, 5) is 66.1. The van der Waals surface area contributed by atoms with E-state index in [1.807, 2.05) is 0 Å². The molecule has 0 aliphatic rings. The number of carboxylic acids is 1. The molecule has 0 aliphatic carbocycles. The van der Waals surface area contributed by atoms with E-state index in [0.29, 0.717) is 12.8 Å². The van der Waals surface area contributed by atoms with E-state index in [1.54, 1.807) is 44.2 Å². The number of carboxylic acid groups (broad SMARTS) is 1. The van der Waals surface area contributed by atoms with Crippen LogP contribution in [0, 0.1) is 5.92 Å². The number of nitrogens with zero attached hydrogens (tertiary/aromatic N) is 1. The van der Waals surface area contributed by atoms with Crippen LogP contribution in [0.4, 0.5) is 0 Å². The fourth-order valence-corrected chi connectivity index (χ4v) is 3.75. The normalized spacial score (nSPS) is 14.5.